The second kappa shape index (κ2) is 8.55. The Balaban J connectivity index is 1.65. The summed E-state index contributed by atoms with van der Waals surface area (Å²) in [5, 5.41) is 8.40. The number of furan rings is 1. The Morgan fingerprint density at radius 1 is 1.12 bits per heavy atom. The highest BCUT2D eigenvalue weighted by atomic mass is 16.3. The molecule has 2 heterocycles. The van der Waals surface area contributed by atoms with Gasteiger partial charge in [0.2, 0.25) is 11.8 Å². The summed E-state index contributed by atoms with van der Waals surface area (Å²) in [4.78, 5) is 23.8. The number of nitrogens with one attached hydrogen (secondary N) is 1. The summed E-state index contributed by atoms with van der Waals surface area (Å²) in [7, 11) is 0. The van der Waals surface area contributed by atoms with E-state index in [0.717, 1.165) is 22.2 Å². The molecule has 0 atom stereocenters. The molecule has 3 N–H and O–H groups in total. The third kappa shape index (κ3) is 4.46. The highest BCUT2D eigenvalue weighted by molar-refractivity contribution is 5.93. The predicted molar refractivity (Wildman–Crippen MR) is 124 cm³/mol. The van der Waals surface area contributed by atoms with Crippen molar-refractivity contribution in [1.29, 1.82) is 0 Å². The highest BCUT2D eigenvalue weighted by Gasteiger charge is 2.25. The van der Waals surface area contributed by atoms with Crippen molar-refractivity contribution in [2.75, 3.05) is 6.54 Å². The fraction of sp³-hybridized carbons (Fsp3) is 0.160. The molecule has 0 radical (unpaired) electrons. The Hall–Kier alpha value is -4.13. The molecule has 0 saturated heterocycles. The number of para-hydroxylation sites is 2. The lowest BCUT2D eigenvalue weighted by Crippen LogP contribution is -2.41. The number of aromatic nitrogens is 2. The molecule has 0 saturated carbocycles. The molecular formula is C25H24N4O3. The van der Waals surface area contributed by atoms with Gasteiger partial charge >= 0.3 is 0 Å². The van der Waals surface area contributed by atoms with E-state index in [-0.39, 0.29) is 12.5 Å². The number of primary amides is 1. The normalized spacial score (nSPS) is 11.8. The van der Waals surface area contributed by atoms with Crippen LogP contribution in [0, 0.1) is 5.41 Å². The van der Waals surface area contributed by atoms with E-state index in [4.69, 9.17) is 15.2 Å². The summed E-state index contributed by atoms with van der Waals surface area (Å²) in [5.74, 6) is -0.198. The first-order valence-corrected chi connectivity index (χ1v) is 10.2. The molecule has 0 aliphatic rings. The number of rotatable bonds is 7. The van der Waals surface area contributed by atoms with E-state index in [1.807, 2.05) is 66.9 Å². The van der Waals surface area contributed by atoms with Crippen LogP contribution in [0.5, 0.6) is 0 Å². The molecule has 2 amide bonds. The van der Waals surface area contributed by atoms with Gasteiger partial charge in [-0.25, -0.2) is 4.68 Å². The largest absolute Gasteiger partial charge is 0.454 e. The summed E-state index contributed by atoms with van der Waals surface area (Å²) in [6.07, 6.45) is 4.94. The van der Waals surface area contributed by atoms with Gasteiger partial charge in [-0.1, -0.05) is 36.4 Å². The van der Waals surface area contributed by atoms with Crippen LogP contribution >= 0.6 is 0 Å². The first-order valence-electron chi connectivity index (χ1n) is 10.2. The quantitative estimate of drug-likeness (QED) is 0.435. The lowest BCUT2D eigenvalue weighted by Gasteiger charge is -2.19. The number of carbonyl (C=O) groups is 2. The molecular weight excluding hydrogens is 404 g/mol. The maximum absolute atomic E-state index is 12.4. The molecule has 0 bridgehead atoms. The van der Waals surface area contributed by atoms with Crippen molar-refractivity contribution in [3.63, 3.8) is 0 Å². The summed E-state index contributed by atoms with van der Waals surface area (Å²) in [5.41, 5.74) is 7.52. The van der Waals surface area contributed by atoms with E-state index in [9.17, 15) is 9.59 Å². The number of hydrogen-bond donors (Lipinski definition) is 2. The van der Waals surface area contributed by atoms with Crippen LogP contribution < -0.4 is 11.1 Å². The Kier molecular flexibility index (Phi) is 5.64. The molecule has 0 fully saturated rings. The van der Waals surface area contributed by atoms with E-state index in [1.54, 1.807) is 24.6 Å². The third-order valence-corrected chi connectivity index (χ3v) is 5.21. The van der Waals surface area contributed by atoms with Crippen molar-refractivity contribution < 1.29 is 14.0 Å². The van der Waals surface area contributed by atoms with Crippen molar-refractivity contribution in [2.24, 2.45) is 11.1 Å². The first kappa shape index (κ1) is 21.1. The summed E-state index contributed by atoms with van der Waals surface area (Å²) in [6, 6.07) is 19.4. The zero-order valence-electron chi connectivity index (χ0n) is 17.9. The average Bonchev–Trinajstić information content (AvgIpc) is 3.41. The van der Waals surface area contributed by atoms with Crippen LogP contribution in [-0.2, 0) is 9.59 Å². The molecule has 162 valence electrons. The molecule has 2 aromatic carbocycles. The van der Waals surface area contributed by atoms with Gasteiger partial charge in [0.15, 0.2) is 5.76 Å². The van der Waals surface area contributed by atoms with Gasteiger partial charge in [0.05, 0.1) is 11.1 Å². The molecule has 7 nitrogen and oxygen atoms in total. The third-order valence-electron chi connectivity index (χ3n) is 5.21. The lowest BCUT2D eigenvalue weighted by molar-refractivity contribution is -0.126. The molecule has 32 heavy (non-hydrogen) atoms. The van der Waals surface area contributed by atoms with Crippen LogP contribution in [0.3, 0.4) is 0 Å². The number of nitrogens with zero attached hydrogens (tertiary/aromatic N) is 2. The van der Waals surface area contributed by atoms with Crippen molar-refractivity contribution in [1.82, 2.24) is 15.1 Å². The van der Waals surface area contributed by atoms with Gasteiger partial charge in [-0.15, -0.1) is 0 Å². The number of carbonyl (C=O) groups excluding carboxylic acids is 2. The fourth-order valence-electron chi connectivity index (χ4n) is 3.13. The minimum Gasteiger partial charge on any atom is -0.454 e. The molecule has 2 aromatic heterocycles. The van der Waals surface area contributed by atoms with E-state index >= 15 is 0 Å². The average molecular weight is 428 g/mol. The molecule has 7 heteroatoms. The van der Waals surface area contributed by atoms with Crippen molar-refractivity contribution >= 4 is 28.9 Å². The Morgan fingerprint density at radius 2 is 1.84 bits per heavy atom. The number of hydrogen-bond acceptors (Lipinski definition) is 4. The molecule has 4 rings (SSSR count). The number of nitrogens with two attached hydrogens (primary N) is 1. The fourth-order valence-corrected chi connectivity index (χ4v) is 3.13. The van der Waals surface area contributed by atoms with E-state index in [1.165, 1.54) is 6.08 Å². The summed E-state index contributed by atoms with van der Waals surface area (Å²) < 4.78 is 7.75. The topological polar surface area (TPSA) is 103 Å². The SMILES string of the molecule is CC(C)(CNC(=O)C=Cc1cn(-c2ccccc2)nc1-c1cc2ccccc2o1)C(N)=O. The van der Waals surface area contributed by atoms with Crippen LogP contribution in [0.2, 0.25) is 0 Å². The van der Waals surface area contributed by atoms with Crippen molar-refractivity contribution in [3.05, 3.63) is 78.5 Å². The number of benzene rings is 2. The molecule has 4 aromatic rings. The van der Waals surface area contributed by atoms with Crippen LogP contribution in [0.4, 0.5) is 0 Å². The van der Waals surface area contributed by atoms with Crippen LogP contribution in [-0.4, -0.2) is 28.1 Å². The van der Waals surface area contributed by atoms with Gasteiger partial charge in [0, 0.05) is 29.8 Å². The van der Waals surface area contributed by atoms with Gasteiger partial charge in [-0.3, -0.25) is 9.59 Å². The maximum atomic E-state index is 12.4. The second-order valence-electron chi connectivity index (χ2n) is 8.16. The Labute approximate surface area is 185 Å². The lowest BCUT2D eigenvalue weighted by atomic mass is 9.93. The number of fused-ring (bicyclic) bond motifs is 1. The predicted octanol–water partition coefficient (Wildman–Crippen LogP) is 3.93. The van der Waals surface area contributed by atoms with Crippen LogP contribution in [0.1, 0.15) is 19.4 Å². The molecule has 0 spiro atoms. The first-order chi connectivity index (χ1) is 15.3. The van der Waals surface area contributed by atoms with Crippen molar-refractivity contribution in [2.45, 2.75) is 13.8 Å². The van der Waals surface area contributed by atoms with E-state index in [2.05, 4.69) is 5.32 Å². The number of amides is 2. The monoisotopic (exact) mass is 428 g/mol. The van der Waals surface area contributed by atoms with E-state index < -0.39 is 11.3 Å². The maximum Gasteiger partial charge on any atom is 0.244 e. The minimum atomic E-state index is -0.832. The van der Waals surface area contributed by atoms with Gasteiger partial charge in [0.1, 0.15) is 11.3 Å². The van der Waals surface area contributed by atoms with Gasteiger partial charge in [0.25, 0.3) is 0 Å². The van der Waals surface area contributed by atoms with Crippen LogP contribution in [0.25, 0.3) is 34.2 Å². The van der Waals surface area contributed by atoms with Gasteiger partial charge < -0.3 is 15.5 Å². The standard InChI is InChI=1S/C25H24N4O3/c1-25(2,24(26)31)16-27-22(30)13-12-18-15-29(19-9-4-3-5-10-19)28-23(18)21-14-17-8-6-7-11-20(17)32-21/h3-15H,16H2,1-2H3,(H2,26,31)(H,27,30). The Morgan fingerprint density at radius 3 is 2.56 bits per heavy atom. The molecule has 0 unspecified atom stereocenters. The Bertz CT molecular complexity index is 1270. The van der Waals surface area contributed by atoms with Gasteiger partial charge in [-0.2, -0.15) is 5.10 Å². The smallest absolute Gasteiger partial charge is 0.244 e. The second-order valence-corrected chi connectivity index (χ2v) is 8.16. The summed E-state index contributed by atoms with van der Waals surface area (Å²) >= 11 is 0. The minimum absolute atomic E-state index is 0.144. The molecule has 0 aliphatic carbocycles. The summed E-state index contributed by atoms with van der Waals surface area (Å²) in [6.45, 7) is 3.51. The van der Waals surface area contributed by atoms with Crippen molar-refractivity contribution in [3.8, 4) is 17.1 Å². The molecule has 0 aliphatic heterocycles. The van der Waals surface area contributed by atoms with E-state index in [0.29, 0.717) is 11.5 Å². The van der Waals surface area contributed by atoms with Crippen LogP contribution in [0.15, 0.2) is 77.4 Å². The highest BCUT2D eigenvalue weighted by Crippen LogP contribution is 2.30. The van der Waals surface area contributed by atoms with Gasteiger partial charge in [-0.05, 0) is 44.2 Å². The zero-order chi connectivity index (χ0) is 22.7. The zero-order valence-corrected chi connectivity index (χ0v) is 17.9.